The summed E-state index contributed by atoms with van der Waals surface area (Å²) in [5, 5.41) is 0. The number of ketones is 1. The van der Waals surface area contributed by atoms with Gasteiger partial charge in [-0.25, -0.2) is 0 Å². The fourth-order valence-corrected chi connectivity index (χ4v) is 1.92. The van der Waals surface area contributed by atoms with Gasteiger partial charge in [0.05, 0.1) is 11.5 Å². The van der Waals surface area contributed by atoms with Gasteiger partial charge in [0.15, 0.2) is 0 Å². The second-order valence-electron chi connectivity index (χ2n) is 4.06. The molecular weight excluding hydrogens is 168 g/mol. The van der Waals surface area contributed by atoms with Gasteiger partial charge in [0.1, 0.15) is 12.1 Å². The lowest BCUT2D eigenvalue weighted by molar-refractivity contribution is -0.142. The Labute approximate surface area is 78.5 Å². The molecule has 1 aliphatic carbocycles. The highest BCUT2D eigenvalue weighted by Gasteiger charge is 2.44. The second-order valence-corrected chi connectivity index (χ2v) is 4.06. The van der Waals surface area contributed by atoms with E-state index in [1.807, 2.05) is 13.8 Å². The number of hydrogen-bond donors (Lipinski definition) is 0. The highest BCUT2D eigenvalue weighted by atomic mass is 16.5. The van der Waals surface area contributed by atoms with Crippen LogP contribution >= 0.6 is 0 Å². The summed E-state index contributed by atoms with van der Waals surface area (Å²) in [6.07, 6.45) is 1.55. The van der Waals surface area contributed by atoms with E-state index in [1.165, 1.54) is 0 Å². The van der Waals surface area contributed by atoms with Crippen LogP contribution in [0, 0.1) is 11.3 Å². The minimum Gasteiger partial charge on any atom is -0.380 e. The summed E-state index contributed by atoms with van der Waals surface area (Å²) >= 11 is 0. The average Bonchev–Trinajstić information content (AvgIpc) is 2.11. The van der Waals surface area contributed by atoms with Crippen molar-refractivity contribution in [3.8, 4) is 0 Å². The molecule has 0 aromatic carbocycles. The molecule has 1 aliphatic rings. The predicted molar refractivity (Wildman–Crippen MR) is 48.4 cm³/mol. The van der Waals surface area contributed by atoms with Gasteiger partial charge in [-0.3, -0.25) is 4.79 Å². The number of aldehydes is 1. The molecule has 0 radical (unpaired) electrons. The first kappa shape index (κ1) is 10.4. The standard InChI is InChI=1S/C10H16O3/c1-7-4-8(12)5-9(13-3)10(7,2)6-11/h6-7,9H,4-5H2,1-3H3/t7-,9?,10+/m0/s1. The minimum absolute atomic E-state index is 0.0798. The maximum absolute atomic E-state index is 11.3. The summed E-state index contributed by atoms with van der Waals surface area (Å²) < 4.78 is 5.19. The Morgan fingerprint density at radius 2 is 2.15 bits per heavy atom. The molecule has 0 spiro atoms. The maximum Gasteiger partial charge on any atom is 0.135 e. The van der Waals surface area contributed by atoms with Crippen molar-refractivity contribution in [1.29, 1.82) is 0 Å². The first-order valence-corrected chi connectivity index (χ1v) is 4.55. The highest BCUT2D eigenvalue weighted by Crippen LogP contribution is 2.39. The van der Waals surface area contributed by atoms with E-state index in [0.717, 1.165) is 6.29 Å². The van der Waals surface area contributed by atoms with Gasteiger partial charge in [0, 0.05) is 20.0 Å². The maximum atomic E-state index is 11.3. The van der Waals surface area contributed by atoms with E-state index in [4.69, 9.17) is 4.74 Å². The lowest BCUT2D eigenvalue weighted by Gasteiger charge is -2.40. The molecule has 0 amide bonds. The summed E-state index contributed by atoms with van der Waals surface area (Å²) in [5.74, 6) is 0.273. The molecule has 0 aromatic heterocycles. The number of hydrogen-bond acceptors (Lipinski definition) is 3. The van der Waals surface area contributed by atoms with Crippen molar-refractivity contribution in [1.82, 2.24) is 0 Å². The van der Waals surface area contributed by atoms with Crippen LogP contribution in [0.2, 0.25) is 0 Å². The molecular formula is C10H16O3. The van der Waals surface area contributed by atoms with Gasteiger partial charge >= 0.3 is 0 Å². The Hall–Kier alpha value is -0.700. The van der Waals surface area contributed by atoms with Gasteiger partial charge < -0.3 is 9.53 Å². The lowest BCUT2D eigenvalue weighted by Crippen LogP contribution is -2.46. The van der Waals surface area contributed by atoms with Crippen molar-refractivity contribution >= 4 is 12.1 Å². The van der Waals surface area contributed by atoms with E-state index < -0.39 is 5.41 Å². The lowest BCUT2D eigenvalue weighted by atomic mass is 9.67. The van der Waals surface area contributed by atoms with Crippen LogP contribution in [-0.2, 0) is 14.3 Å². The Morgan fingerprint density at radius 1 is 1.54 bits per heavy atom. The number of carbonyl (C=O) groups excluding carboxylic acids is 2. The Morgan fingerprint density at radius 3 is 2.62 bits per heavy atom. The van der Waals surface area contributed by atoms with Gasteiger partial charge in [-0.1, -0.05) is 13.8 Å². The summed E-state index contributed by atoms with van der Waals surface area (Å²) in [5.41, 5.74) is -0.497. The van der Waals surface area contributed by atoms with Gasteiger partial charge in [0.2, 0.25) is 0 Å². The third kappa shape index (κ3) is 1.66. The second kappa shape index (κ2) is 3.58. The largest absolute Gasteiger partial charge is 0.380 e. The van der Waals surface area contributed by atoms with E-state index in [9.17, 15) is 9.59 Å². The molecule has 1 saturated carbocycles. The minimum atomic E-state index is -0.497. The molecule has 0 aliphatic heterocycles. The zero-order chi connectivity index (χ0) is 10.1. The van der Waals surface area contributed by atoms with Crippen LogP contribution in [0.5, 0.6) is 0 Å². The van der Waals surface area contributed by atoms with Crippen molar-refractivity contribution in [3.63, 3.8) is 0 Å². The van der Waals surface area contributed by atoms with Crippen LogP contribution in [0.15, 0.2) is 0 Å². The van der Waals surface area contributed by atoms with E-state index in [0.29, 0.717) is 12.8 Å². The Balaban J connectivity index is 2.90. The molecule has 0 N–H and O–H groups in total. The van der Waals surface area contributed by atoms with E-state index in [1.54, 1.807) is 7.11 Å². The van der Waals surface area contributed by atoms with E-state index in [2.05, 4.69) is 0 Å². The summed E-state index contributed by atoms with van der Waals surface area (Å²) in [7, 11) is 1.55. The first-order chi connectivity index (χ1) is 6.04. The van der Waals surface area contributed by atoms with Gasteiger partial charge in [-0.05, 0) is 5.92 Å². The molecule has 1 fully saturated rings. The smallest absolute Gasteiger partial charge is 0.135 e. The van der Waals surface area contributed by atoms with Crippen LogP contribution in [0.4, 0.5) is 0 Å². The van der Waals surface area contributed by atoms with Crippen molar-refractivity contribution in [3.05, 3.63) is 0 Å². The van der Waals surface area contributed by atoms with Gasteiger partial charge in [-0.2, -0.15) is 0 Å². The summed E-state index contributed by atoms with van der Waals surface area (Å²) in [6.45, 7) is 3.79. The fraction of sp³-hybridized carbons (Fsp3) is 0.800. The van der Waals surface area contributed by atoms with Crippen LogP contribution in [0.25, 0.3) is 0 Å². The van der Waals surface area contributed by atoms with Crippen LogP contribution in [-0.4, -0.2) is 25.3 Å². The molecule has 0 saturated heterocycles. The van der Waals surface area contributed by atoms with Crippen molar-refractivity contribution in [2.24, 2.45) is 11.3 Å². The fourth-order valence-electron chi connectivity index (χ4n) is 1.92. The molecule has 0 heterocycles. The summed E-state index contributed by atoms with van der Waals surface area (Å²) in [4.78, 5) is 22.2. The van der Waals surface area contributed by atoms with Crippen LogP contribution in [0.3, 0.4) is 0 Å². The third-order valence-electron chi connectivity index (χ3n) is 3.24. The Kier molecular flexibility index (Phi) is 2.86. The number of rotatable bonds is 2. The quantitative estimate of drug-likeness (QED) is 0.606. The number of ether oxygens (including phenoxy) is 1. The highest BCUT2D eigenvalue weighted by molar-refractivity contribution is 5.82. The zero-order valence-electron chi connectivity index (χ0n) is 8.37. The number of Topliss-reactive ketones (excluding diaryl/α,β-unsaturated/α-hetero) is 1. The average molecular weight is 184 g/mol. The SMILES string of the molecule is COC1CC(=O)C[C@H](C)[C@@]1(C)C=O. The Bertz CT molecular complexity index is 224. The van der Waals surface area contributed by atoms with Crippen molar-refractivity contribution < 1.29 is 14.3 Å². The monoisotopic (exact) mass is 184 g/mol. The molecule has 3 atom stereocenters. The normalized spacial score (nSPS) is 40.4. The van der Waals surface area contributed by atoms with Gasteiger partial charge in [0.25, 0.3) is 0 Å². The molecule has 0 aromatic rings. The van der Waals surface area contributed by atoms with E-state index >= 15 is 0 Å². The molecule has 3 nitrogen and oxygen atoms in total. The first-order valence-electron chi connectivity index (χ1n) is 4.55. The molecule has 3 heteroatoms. The predicted octanol–water partition coefficient (Wildman–Crippen LogP) is 1.21. The zero-order valence-corrected chi connectivity index (χ0v) is 8.37. The van der Waals surface area contributed by atoms with Gasteiger partial charge in [-0.15, -0.1) is 0 Å². The van der Waals surface area contributed by atoms with E-state index in [-0.39, 0.29) is 17.8 Å². The molecule has 13 heavy (non-hydrogen) atoms. The van der Waals surface area contributed by atoms with Crippen LogP contribution in [0.1, 0.15) is 26.7 Å². The number of carbonyl (C=O) groups is 2. The van der Waals surface area contributed by atoms with Crippen LogP contribution < -0.4 is 0 Å². The van der Waals surface area contributed by atoms with Crippen molar-refractivity contribution in [2.75, 3.05) is 7.11 Å². The van der Waals surface area contributed by atoms with Crippen molar-refractivity contribution in [2.45, 2.75) is 32.8 Å². The molecule has 0 bridgehead atoms. The third-order valence-corrected chi connectivity index (χ3v) is 3.24. The molecule has 74 valence electrons. The molecule has 1 unspecified atom stereocenters. The topological polar surface area (TPSA) is 43.4 Å². The number of methoxy groups -OCH3 is 1. The molecule has 1 rings (SSSR count). The summed E-state index contributed by atoms with van der Waals surface area (Å²) in [6, 6.07) is 0.